The van der Waals surface area contributed by atoms with Crippen molar-refractivity contribution in [1.29, 1.82) is 0 Å². The van der Waals surface area contributed by atoms with Crippen LogP contribution in [0.1, 0.15) is 6.92 Å². The zero-order chi connectivity index (χ0) is 9.72. The molecule has 2 unspecified atom stereocenters. The minimum Gasteiger partial charge on any atom is -0.480 e. The SMILES string of the molecule is CC(N)C(O)C(=O)NCC(=O)O. The number of aliphatic carboxylic acids is 1. The zero-order valence-corrected chi connectivity index (χ0v) is 6.65. The molecule has 70 valence electrons. The number of aliphatic hydroxyl groups is 1. The first-order chi connectivity index (χ1) is 5.45. The van der Waals surface area contributed by atoms with Gasteiger partial charge in [0.25, 0.3) is 5.91 Å². The van der Waals surface area contributed by atoms with E-state index in [1.54, 1.807) is 0 Å². The fourth-order valence-electron chi connectivity index (χ4n) is 0.506. The molecular weight excluding hydrogens is 164 g/mol. The first kappa shape index (κ1) is 10.9. The van der Waals surface area contributed by atoms with Crippen molar-refractivity contribution in [1.82, 2.24) is 5.32 Å². The van der Waals surface area contributed by atoms with E-state index in [1.807, 2.05) is 5.32 Å². The van der Waals surface area contributed by atoms with Gasteiger partial charge in [-0.25, -0.2) is 0 Å². The largest absolute Gasteiger partial charge is 0.480 e. The molecular formula is C6H12N2O4. The van der Waals surface area contributed by atoms with Crippen molar-refractivity contribution in [3.8, 4) is 0 Å². The van der Waals surface area contributed by atoms with Crippen molar-refractivity contribution < 1.29 is 19.8 Å². The molecule has 0 saturated heterocycles. The highest BCUT2D eigenvalue weighted by Gasteiger charge is 2.18. The lowest BCUT2D eigenvalue weighted by Crippen LogP contribution is -2.46. The van der Waals surface area contributed by atoms with Gasteiger partial charge in [-0.05, 0) is 6.92 Å². The summed E-state index contributed by atoms with van der Waals surface area (Å²) in [6, 6.07) is -0.709. The molecule has 0 radical (unpaired) electrons. The molecule has 0 aromatic carbocycles. The van der Waals surface area contributed by atoms with Crippen LogP contribution in [0.3, 0.4) is 0 Å². The number of carbonyl (C=O) groups excluding carboxylic acids is 1. The Kier molecular flexibility index (Phi) is 4.24. The number of carboxylic acid groups (broad SMARTS) is 1. The number of carboxylic acids is 1. The Bertz CT molecular complexity index is 180. The first-order valence-corrected chi connectivity index (χ1v) is 3.38. The summed E-state index contributed by atoms with van der Waals surface area (Å²) in [5.41, 5.74) is 5.18. The fraction of sp³-hybridized carbons (Fsp3) is 0.667. The molecule has 0 aliphatic heterocycles. The summed E-state index contributed by atoms with van der Waals surface area (Å²) < 4.78 is 0. The van der Waals surface area contributed by atoms with Gasteiger partial charge in [0.15, 0.2) is 0 Å². The van der Waals surface area contributed by atoms with Crippen LogP contribution in [-0.4, -0.2) is 40.8 Å². The third kappa shape index (κ3) is 3.89. The maximum atomic E-state index is 10.8. The topological polar surface area (TPSA) is 113 Å². The van der Waals surface area contributed by atoms with Gasteiger partial charge in [-0.3, -0.25) is 9.59 Å². The maximum absolute atomic E-state index is 10.8. The molecule has 0 fully saturated rings. The summed E-state index contributed by atoms with van der Waals surface area (Å²) in [7, 11) is 0. The number of hydrogen-bond acceptors (Lipinski definition) is 4. The van der Waals surface area contributed by atoms with Gasteiger partial charge in [0.2, 0.25) is 0 Å². The van der Waals surface area contributed by atoms with Gasteiger partial charge in [-0.15, -0.1) is 0 Å². The van der Waals surface area contributed by atoms with E-state index < -0.39 is 30.6 Å². The second-order valence-electron chi connectivity index (χ2n) is 2.42. The number of hydrogen-bond donors (Lipinski definition) is 4. The third-order valence-electron chi connectivity index (χ3n) is 1.18. The molecule has 0 aliphatic rings. The second kappa shape index (κ2) is 4.68. The molecule has 0 heterocycles. The molecule has 0 saturated carbocycles. The molecule has 6 nitrogen and oxygen atoms in total. The van der Waals surface area contributed by atoms with E-state index in [0.29, 0.717) is 0 Å². The Hall–Kier alpha value is -1.14. The number of aliphatic hydroxyl groups excluding tert-OH is 1. The molecule has 6 heteroatoms. The summed E-state index contributed by atoms with van der Waals surface area (Å²) in [5.74, 6) is -1.94. The Morgan fingerprint density at radius 2 is 2.08 bits per heavy atom. The van der Waals surface area contributed by atoms with Gasteiger partial charge in [-0.1, -0.05) is 0 Å². The lowest BCUT2D eigenvalue weighted by Gasteiger charge is -2.12. The van der Waals surface area contributed by atoms with E-state index in [4.69, 9.17) is 15.9 Å². The summed E-state index contributed by atoms with van der Waals surface area (Å²) in [4.78, 5) is 20.8. The monoisotopic (exact) mass is 176 g/mol. The van der Waals surface area contributed by atoms with Crippen LogP contribution >= 0.6 is 0 Å². The van der Waals surface area contributed by atoms with Crippen LogP contribution in [0.4, 0.5) is 0 Å². The Labute approximate surface area is 69.4 Å². The molecule has 12 heavy (non-hydrogen) atoms. The number of carbonyl (C=O) groups is 2. The first-order valence-electron chi connectivity index (χ1n) is 3.38. The predicted octanol–water partition coefficient (Wildman–Crippen LogP) is -2.10. The summed E-state index contributed by atoms with van der Waals surface area (Å²) in [5, 5.41) is 19.1. The van der Waals surface area contributed by atoms with Crippen LogP contribution in [-0.2, 0) is 9.59 Å². The highest BCUT2D eigenvalue weighted by Crippen LogP contribution is 1.87. The molecule has 5 N–H and O–H groups in total. The average molecular weight is 176 g/mol. The standard InChI is InChI=1S/C6H12N2O4/c1-3(7)5(11)6(12)8-2-4(9)10/h3,5,11H,2,7H2,1H3,(H,8,12)(H,9,10). The van der Waals surface area contributed by atoms with E-state index in [9.17, 15) is 9.59 Å². The van der Waals surface area contributed by atoms with Gasteiger partial charge in [-0.2, -0.15) is 0 Å². The van der Waals surface area contributed by atoms with Crippen LogP contribution in [0.2, 0.25) is 0 Å². The molecule has 0 bridgehead atoms. The van der Waals surface area contributed by atoms with E-state index in [0.717, 1.165) is 0 Å². The van der Waals surface area contributed by atoms with Crippen LogP contribution in [0, 0.1) is 0 Å². The van der Waals surface area contributed by atoms with E-state index in [2.05, 4.69) is 0 Å². The number of rotatable bonds is 4. The molecule has 0 spiro atoms. The highest BCUT2D eigenvalue weighted by molar-refractivity contribution is 5.84. The average Bonchev–Trinajstić information content (AvgIpc) is 1.98. The van der Waals surface area contributed by atoms with Gasteiger partial charge < -0.3 is 21.3 Å². The Balaban J connectivity index is 3.80. The fourth-order valence-corrected chi connectivity index (χ4v) is 0.506. The van der Waals surface area contributed by atoms with Crippen molar-refractivity contribution in [2.45, 2.75) is 19.1 Å². The molecule has 0 rings (SSSR count). The van der Waals surface area contributed by atoms with Crippen molar-refractivity contribution in [3.05, 3.63) is 0 Å². The van der Waals surface area contributed by atoms with Crippen molar-refractivity contribution in [2.24, 2.45) is 5.73 Å². The lowest BCUT2D eigenvalue weighted by molar-refractivity contribution is -0.139. The molecule has 0 aromatic rings. The van der Waals surface area contributed by atoms with E-state index in [1.165, 1.54) is 6.92 Å². The van der Waals surface area contributed by atoms with E-state index >= 15 is 0 Å². The molecule has 0 aromatic heterocycles. The van der Waals surface area contributed by atoms with Crippen LogP contribution in [0.15, 0.2) is 0 Å². The summed E-state index contributed by atoms with van der Waals surface area (Å²) in [6.07, 6.45) is -1.36. The third-order valence-corrected chi connectivity index (χ3v) is 1.18. The molecule has 2 atom stereocenters. The van der Waals surface area contributed by atoms with Crippen molar-refractivity contribution >= 4 is 11.9 Å². The number of nitrogens with one attached hydrogen (secondary N) is 1. The van der Waals surface area contributed by atoms with Gasteiger partial charge in [0.05, 0.1) is 0 Å². The van der Waals surface area contributed by atoms with Gasteiger partial charge in [0.1, 0.15) is 12.6 Å². The number of amides is 1. The van der Waals surface area contributed by atoms with Gasteiger partial charge in [0, 0.05) is 6.04 Å². The quantitative estimate of drug-likeness (QED) is 0.392. The summed E-state index contributed by atoms with van der Waals surface area (Å²) in [6.45, 7) is 0.938. The zero-order valence-electron chi connectivity index (χ0n) is 6.65. The normalized spacial score (nSPS) is 14.9. The smallest absolute Gasteiger partial charge is 0.322 e. The summed E-state index contributed by atoms with van der Waals surface area (Å²) >= 11 is 0. The Morgan fingerprint density at radius 1 is 1.58 bits per heavy atom. The minimum absolute atomic E-state index is 0.511. The Morgan fingerprint density at radius 3 is 2.42 bits per heavy atom. The number of nitrogens with two attached hydrogens (primary N) is 1. The molecule has 1 amide bonds. The van der Waals surface area contributed by atoms with Crippen LogP contribution in [0.5, 0.6) is 0 Å². The van der Waals surface area contributed by atoms with Crippen LogP contribution < -0.4 is 11.1 Å². The minimum atomic E-state index is -1.36. The maximum Gasteiger partial charge on any atom is 0.322 e. The van der Waals surface area contributed by atoms with Crippen LogP contribution in [0.25, 0.3) is 0 Å². The lowest BCUT2D eigenvalue weighted by atomic mass is 10.2. The molecule has 0 aliphatic carbocycles. The van der Waals surface area contributed by atoms with Crippen molar-refractivity contribution in [3.63, 3.8) is 0 Å². The van der Waals surface area contributed by atoms with E-state index in [-0.39, 0.29) is 0 Å². The predicted molar refractivity (Wildman–Crippen MR) is 40.3 cm³/mol. The van der Waals surface area contributed by atoms with Crippen molar-refractivity contribution in [2.75, 3.05) is 6.54 Å². The van der Waals surface area contributed by atoms with Gasteiger partial charge >= 0.3 is 5.97 Å². The second-order valence-corrected chi connectivity index (χ2v) is 2.42. The highest BCUT2D eigenvalue weighted by atomic mass is 16.4.